The van der Waals surface area contributed by atoms with Crippen LogP contribution in [0.1, 0.15) is 13.8 Å². The highest BCUT2D eigenvalue weighted by atomic mass is 16.6. The highest BCUT2D eigenvalue weighted by Gasteiger charge is 1.97. The van der Waals surface area contributed by atoms with Crippen molar-refractivity contribution in [3.8, 4) is 0 Å². The molecule has 0 bridgehead atoms. The molecule has 1 aromatic carbocycles. The predicted molar refractivity (Wildman–Crippen MR) is 63.8 cm³/mol. The Balaban J connectivity index is 2.12. The van der Waals surface area contributed by atoms with Crippen LogP contribution in [0, 0.1) is 0 Å². The van der Waals surface area contributed by atoms with E-state index in [1.165, 1.54) is 0 Å². The van der Waals surface area contributed by atoms with Crippen molar-refractivity contribution in [1.29, 1.82) is 0 Å². The van der Waals surface area contributed by atoms with Gasteiger partial charge in [-0.15, -0.1) is 0 Å². The fourth-order valence-corrected chi connectivity index (χ4v) is 1.36. The van der Waals surface area contributed by atoms with Gasteiger partial charge in [-0.25, -0.2) is 0 Å². The summed E-state index contributed by atoms with van der Waals surface area (Å²) in [5.41, 5.74) is 3.92. The predicted octanol–water partition coefficient (Wildman–Crippen LogP) is 2.37. The SMILES string of the molecule is CCN(CC)CCONc1ccccc1. The smallest absolute Gasteiger partial charge is 0.0873 e. The molecule has 0 aliphatic rings. The summed E-state index contributed by atoms with van der Waals surface area (Å²) in [5.74, 6) is 0. The lowest BCUT2D eigenvalue weighted by Gasteiger charge is -2.17. The molecule has 3 nitrogen and oxygen atoms in total. The molecule has 0 heterocycles. The Morgan fingerprint density at radius 3 is 2.40 bits per heavy atom. The van der Waals surface area contributed by atoms with Crippen LogP contribution in [0.4, 0.5) is 5.69 Å². The van der Waals surface area contributed by atoms with Crippen molar-refractivity contribution >= 4 is 5.69 Å². The topological polar surface area (TPSA) is 24.5 Å². The number of nitrogens with zero attached hydrogens (tertiary/aromatic N) is 1. The molecule has 0 aliphatic carbocycles. The second-order valence-corrected chi connectivity index (χ2v) is 3.34. The molecule has 0 aliphatic heterocycles. The third kappa shape index (κ3) is 4.81. The highest BCUT2D eigenvalue weighted by Crippen LogP contribution is 2.04. The summed E-state index contributed by atoms with van der Waals surface area (Å²) >= 11 is 0. The molecule has 0 fully saturated rings. The zero-order chi connectivity index (χ0) is 10.9. The number of nitrogens with one attached hydrogen (secondary N) is 1. The third-order valence-corrected chi connectivity index (χ3v) is 2.37. The van der Waals surface area contributed by atoms with Gasteiger partial charge in [0, 0.05) is 6.54 Å². The van der Waals surface area contributed by atoms with Gasteiger partial charge in [-0.3, -0.25) is 10.3 Å². The zero-order valence-corrected chi connectivity index (χ0v) is 9.57. The van der Waals surface area contributed by atoms with Gasteiger partial charge >= 0.3 is 0 Å². The molecule has 1 aromatic rings. The molecule has 3 heteroatoms. The fraction of sp³-hybridized carbons (Fsp3) is 0.500. The maximum Gasteiger partial charge on any atom is 0.0873 e. The molecule has 0 spiro atoms. The van der Waals surface area contributed by atoms with E-state index < -0.39 is 0 Å². The van der Waals surface area contributed by atoms with Crippen LogP contribution in [0.5, 0.6) is 0 Å². The largest absolute Gasteiger partial charge is 0.301 e. The van der Waals surface area contributed by atoms with Crippen molar-refractivity contribution in [2.24, 2.45) is 0 Å². The highest BCUT2D eigenvalue weighted by molar-refractivity contribution is 5.39. The third-order valence-electron chi connectivity index (χ3n) is 2.37. The summed E-state index contributed by atoms with van der Waals surface area (Å²) in [6.07, 6.45) is 0. The van der Waals surface area contributed by atoms with E-state index in [1.54, 1.807) is 0 Å². The van der Waals surface area contributed by atoms with E-state index in [0.29, 0.717) is 6.61 Å². The minimum absolute atomic E-state index is 0.705. The molecule has 15 heavy (non-hydrogen) atoms. The maximum atomic E-state index is 5.36. The van der Waals surface area contributed by atoms with Crippen molar-refractivity contribution in [3.05, 3.63) is 30.3 Å². The van der Waals surface area contributed by atoms with E-state index in [9.17, 15) is 0 Å². The molecule has 0 unspecified atom stereocenters. The van der Waals surface area contributed by atoms with Gasteiger partial charge in [-0.1, -0.05) is 32.0 Å². The molecular formula is C12H20N2O. The molecule has 1 N–H and O–H groups in total. The van der Waals surface area contributed by atoms with E-state index in [4.69, 9.17) is 4.84 Å². The number of likely N-dealkylation sites (N-methyl/N-ethyl adjacent to an activating group) is 1. The summed E-state index contributed by atoms with van der Waals surface area (Å²) in [7, 11) is 0. The van der Waals surface area contributed by atoms with Crippen molar-refractivity contribution in [1.82, 2.24) is 4.90 Å². The van der Waals surface area contributed by atoms with Gasteiger partial charge in [0.05, 0.1) is 12.3 Å². The Hall–Kier alpha value is -1.06. The molecule has 0 saturated carbocycles. The standard InChI is InChI=1S/C12H20N2O/c1-3-14(4-2)10-11-15-13-12-8-6-5-7-9-12/h5-9,13H,3-4,10-11H2,1-2H3. The molecule has 1 rings (SSSR count). The van der Waals surface area contributed by atoms with Crippen molar-refractivity contribution < 1.29 is 4.84 Å². The summed E-state index contributed by atoms with van der Waals surface area (Å²) in [6.45, 7) is 8.14. The van der Waals surface area contributed by atoms with Gasteiger partial charge in [-0.2, -0.15) is 0 Å². The van der Waals surface area contributed by atoms with Crippen LogP contribution in [-0.4, -0.2) is 31.1 Å². The fourth-order valence-electron chi connectivity index (χ4n) is 1.36. The van der Waals surface area contributed by atoms with E-state index in [2.05, 4.69) is 24.2 Å². The Kier molecular flexibility index (Phi) is 5.81. The molecular weight excluding hydrogens is 188 g/mol. The first-order valence-electron chi connectivity index (χ1n) is 5.52. The van der Waals surface area contributed by atoms with Crippen LogP contribution in [0.3, 0.4) is 0 Å². The van der Waals surface area contributed by atoms with E-state index in [1.807, 2.05) is 30.3 Å². The average molecular weight is 208 g/mol. The van der Waals surface area contributed by atoms with Gasteiger partial charge in [-0.05, 0) is 25.2 Å². The molecule has 0 radical (unpaired) electrons. The van der Waals surface area contributed by atoms with Gasteiger partial charge in [0.1, 0.15) is 0 Å². The second-order valence-electron chi connectivity index (χ2n) is 3.34. The minimum atomic E-state index is 0.705. The van der Waals surface area contributed by atoms with Crippen LogP contribution < -0.4 is 5.48 Å². The molecule has 0 amide bonds. The van der Waals surface area contributed by atoms with Gasteiger partial charge in [0.25, 0.3) is 0 Å². The van der Waals surface area contributed by atoms with Gasteiger partial charge in [0.2, 0.25) is 0 Å². The monoisotopic (exact) mass is 208 g/mol. The lowest BCUT2D eigenvalue weighted by Crippen LogP contribution is -2.27. The first kappa shape index (κ1) is 12.0. The van der Waals surface area contributed by atoms with Crippen molar-refractivity contribution in [2.75, 3.05) is 31.7 Å². The van der Waals surface area contributed by atoms with E-state index in [0.717, 1.165) is 25.3 Å². The minimum Gasteiger partial charge on any atom is -0.301 e. The Morgan fingerprint density at radius 1 is 1.13 bits per heavy atom. The summed E-state index contributed by atoms with van der Waals surface area (Å²) in [5, 5.41) is 0. The molecule has 0 saturated heterocycles. The first-order chi connectivity index (χ1) is 7.36. The summed E-state index contributed by atoms with van der Waals surface area (Å²) in [6, 6.07) is 9.92. The number of hydrogen-bond acceptors (Lipinski definition) is 3. The van der Waals surface area contributed by atoms with Crippen molar-refractivity contribution in [2.45, 2.75) is 13.8 Å². The lowest BCUT2D eigenvalue weighted by molar-refractivity contribution is 0.151. The molecule has 0 atom stereocenters. The Bertz CT molecular complexity index is 247. The second kappa shape index (κ2) is 7.26. The zero-order valence-electron chi connectivity index (χ0n) is 9.57. The summed E-state index contributed by atoms with van der Waals surface area (Å²) < 4.78 is 0. The Labute approximate surface area is 92.0 Å². The maximum absolute atomic E-state index is 5.36. The van der Waals surface area contributed by atoms with Crippen LogP contribution >= 0.6 is 0 Å². The number of benzene rings is 1. The number of hydrogen-bond donors (Lipinski definition) is 1. The number of rotatable bonds is 7. The van der Waals surface area contributed by atoms with Crippen LogP contribution in [0.25, 0.3) is 0 Å². The lowest BCUT2D eigenvalue weighted by atomic mass is 10.3. The van der Waals surface area contributed by atoms with Crippen LogP contribution in [0.2, 0.25) is 0 Å². The average Bonchev–Trinajstić information content (AvgIpc) is 2.31. The van der Waals surface area contributed by atoms with E-state index >= 15 is 0 Å². The quantitative estimate of drug-likeness (QED) is 0.550. The number of para-hydroxylation sites is 1. The van der Waals surface area contributed by atoms with Crippen molar-refractivity contribution in [3.63, 3.8) is 0 Å². The molecule has 0 aromatic heterocycles. The van der Waals surface area contributed by atoms with Crippen LogP contribution in [0.15, 0.2) is 30.3 Å². The summed E-state index contributed by atoms with van der Waals surface area (Å²) in [4.78, 5) is 7.69. The Morgan fingerprint density at radius 2 is 1.80 bits per heavy atom. The van der Waals surface area contributed by atoms with E-state index in [-0.39, 0.29) is 0 Å². The van der Waals surface area contributed by atoms with Gasteiger partial charge < -0.3 is 4.90 Å². The van der Waals surface area contributed by atoms with Crippen LogP contribution in [-0.2, 0) is 4.84 Å². The normalized spacial score (nSPS) is 10.6. The number of anilines is 1. The van der Waals surface area contributed by atoms with Gasteiger partial charge in [0.15, 0.2) is 0 Å². The first-order valence-corrected chi connectivity index (χ1v) is 5.52. The molecule has 84 valence electrons.